The minimum absolute atomic E-state index is 0. The van der Waals surface area contributed by atoms with Gasteiger partial charge in [-0.05, 0) is 25.1 Å². The first-order valence-electron chi connectivity index (χ1n) is 5.99. The molecule has 0 saturated heterocycles. The molecule has 3 aromatic heterocycles. The summed E-state index contributed by atoms with van der Waals surface area (Å²) < 4.78 is 0. The van der Waals surface area contributed by atoms with Gasteiger partial charge in [-0.2, -0.15) is 0 Å². The average molecular weight is 306 g/mol. The van der Waals surface area contributed by atoms with E-state index in [-0.39, 0.29) is 35.3 Å². The first-order valence-corrected chi connectivity index (χ1v) is 6.87. The normalized spacial score (nSPS) is 9.95. The number of thiazole rings is 1. The zero-order valence-corrected chi connectivity index (χ0v) is 14.5. The van der Waals surface area contributed by atoms with Crippen molar-refractivity contribution in [2.24, 2.45) is 0 Å². The molecule has 21 heavy (non-hydrogen) atoms. The van der Waals surface area contributed by atoms with Crippen LogP contribution >= 0.6 is 11.3 Å². The molecule has 0 radical (unpaired) electrons. The Bertz CT molecular complexity index is 733. The van der Waals surface area contributed by atoms with E-state index in [1.807, 2.05) is 12.3 Å². The molecule has 0 aliphatic heterocycles. The zero-order chi connectivity index (χ0) is 13.9. The molecule has 0 aliphatic carbocycles. The molecule has 0 aliphatic rings. The number of aryl methyl sites for hydroxylation is 1. The van der Waals surface area contributed by atoms with Crippen molar-refractivity contribution in [3.05, 3.63) is 47.9 Å². The van der Waals surface area contributed by atoms with Gasteiger partial charge in [0.1, 0.15) is 10.7 Å². The molecule has 0 saturated carbocycles. The van der Waals surface area contributed by atoms with E-state index in [0.29, 0.717) is 11.4 Å². The van der Waals surface area contributed by atoms with Crippen LogP contribution in [0.2, 0.25) is 0 Å². The number of rotatable bonds is 3. The van der Waals surface area contributed by atoms with Crippen molar-refractivity contribution in [1.82, 2.24) is 15.0 Å². The summed E-state index contributed by atoms with van der Waals surface area (Å²) in [4.78, 5) is 12.5. The molecule has 1 N–H and O–H groups in total. The predicted molar refractivity (Wildman–Crippen MR) is 77.0 cm³/mol. The maximum absolute atomic E-state index is 11.9. The smallest absolute Gasteiger partial charge is 0.870 e. The molecular weight excluding hydrogens is 295 g/mol. The molecule has 5 nitrogen and oxygen atoms in total. The van der Waals surface area contributed by atoms with E-state index >= 15 is 0 Å². The summed E-state index contributed by atoms with van der Waals surface area (Å²) in [6.45, 7) is 1.93. The topological polar surface area (TPSA) is 73.8 Å². The van der Waals surface area contributed by atoms with Gasteiger partial charge >= 0.3 is 29.6 Å². The predicted octanol–water partition coefficient (Wildman–Crippen LogP) is -0.270. The van der Waals surface area contributed by atoms with Crippen molar-refractivity contribution in [2.45, 2.75) is 6.92 Å². The number of aromatic nitrogens is 3. The molecule has 0 amide bonds. The summed E-state index contributed by atoms with van der Waals surface area (Å²) >= 11 is 1.51. The Kier molecular flexibility index (Phi) is 5.30. The Morgan fingerprint density at radius 1 is 1.24 bits per heavy atom. The third kappa shape index (κ3) is 3.79. The Balaban J connectivity index is 0.00000161. The molecule has 0 aromatic carbocycles. The van der Waals surface area contributed by atoms with E-state index < -0.39 is 0 Å². The molecule has 0 unspecified atom stereocenters. The Morgan fingerprint density at radius 3 is 2.67 bits per heavy atom. The van der Waals surface area contributed by atoms with Gasteiger partial charge < -0.3 is 10.4 Å². The van der Waals surface area contributed by atoms with Gasteiger partial charge in [0.25, 0.3) is 0 Å². The van der Waals surface area contributed by atoms with Crippen molar-refractivity contribution in [3.63, 3.8) is 0 Å². The number of anilines is 2. The average Bonchev–Trinajstić information content (AvgIpc) is 2.89. The molecule has 100 valence electrons. The van der Waals surface area contributed by atoms with Crippen molar-refractivity contribution in [2.75, 3.05) is 5.32 Å². The van der Waals surface area contributed by atoms with E-state index in [9.17, 15) is 5.11 Å². The number of hydrogen-bond donors (Lipinski definition) is 1. The Hall–Kier alpha value is -1.47. The number of nitrogens with one attached hydrogen (secondary N) is 1. The summed E-state index contributed by atoms with van der Waals surface area (Å²) in [6.07, 6.45) is 4.65. The van der Waals surface area contributed by atoms with Gasteiger partial charge in [-0.15, -0.1) is 11.3 Å². The molecule has 3 rings (SSSR count). The van der Waals surface area contributed by atoms with E-state index in [0.717, 1.165) is 16.4 Å². The molecule has 3 heterocycles. The largest absolute Gasteiger partial charge is 1.00 e. The first kappa shape index (κ1) is 15.9. The van der Waals surface area contributed by atoms with Crippen LogP contribution in [0.25, 0.3) is 10.7 Å². The van der Waals surface area contributed by atoms with Crippen LogP contribution in [0.3, 0.4) is 0 Å². The second-order valence-electron chi connectivity index (χ2n) is 4.22. The Morgan fingerprint density at radius 2 is 2.00 bits per heavy atom. The maximum atomic E-state index is 11.9. The molecular formula is C14H11N4NaOS. The molecule has 0 bridgehead atoms. The summed E-state index contributed by atoms with van der Waals surface area (Å²) in [7, 11) is 0. The molecule has 3 aromatic rings. The standard InChI is InChI=1S/C14H12N4OS.Na/c1-9-8-20-14(17-9)12-6-11(13(19)7-16-12)18-10-2-4-15-5-3-10;/h2-8,19H,1H3,(H,15,16,18);/q;+1/p-1. The van der Waals surface area contributed by atoms with Crippen LogP contribution in [-0.2, 0) is 0 Å². The number of pyridine rings is 2. The fraction of sp³-hybridized carbons (Fsp3) is 0.0714. The fourth-order valence-electron chi connectivity index (χ4n) is 1.72. The summed E-state index contributed by atoms with van der Waals surface area (Å²) in [5.41, 5.74) is 2.93. The molecule has 7 heteroatoms. The van der Waals surface area contributed by atoms with Crippen LogP contribution in [0.4, 0.5) is 11.4 Å². The minimum Gasteiger partial charge on any atom is -0.870 e. The molecule has 0 atom stereocenters. The van der Waals surface area contributed by atoms with E-state index in [4.69, 9.17) is 0 Å². The fourth-order valence-corrected chi connectivity index (χ4v) is 2.48. The van der Waals surface area contributed by atoms with Crippen molar-refractivity contribution < 1.29 is 34.7 Å². The minimum atomic E-state index is -0.154. The second kappa shape index (κ2) is 7.00. The SMILES string of the molecule is Cc1csc(-c2cc(Nc3ccncc3)c([O-])cn2)n1.[Na+]. The van der Waals surface area contributed by atoms with Gasteiger partial charge in [0, 0.05) is 41.0 Å². The van der Waals surface area contributed by atoms with Gasteiger partial charge in [0.2, 0.25) is 0 Å². The molecule has 0 fully saturated rings. The van der Waals surface area contributed by atoms with Gasteiger partial charge in [-0.25, -0.2) is 4.98 Å². The monoisotopic (exact) mass is 306 g/mol. The molecule has 0 spiro atoms. The Labute approximate surface area is 148 Å². The number of nitrogens with zero attached hydrogens (tertiary/aromatic N) is 3. The van der Waals surface area contributed by atoms with Crippen molar-refractivity contribution in [1.29, 1.82) is 0 Å². The first-order chi connectivity index (χ1) is 9.72. The third-order valence-electron chi connectivity index (χ3n) is 2.66. The number of hydrogen-bond acceptors (Lipinski definition) is 6. The van der Waals surface area contributed by atoms with Gasteiger partial charge in [-0.3, -0.25) is 9.97 Å². The zero-order valence-electron chi connectivity index (χ0n) is 11.7. The van der Waals surface area contributed by atoms with Crippen LogP contribution in [0.1, 0.15) is 5.69 Å². The van der Waals surface area contributed by atoms with Gasteiger partial charge in [0.05, 0.1) is 0 Å². The van der Waals surface area contributed by atoms with Crippen LogP contribution in [0.5, 0.6) is 5.75 Å². The van der Waals surface area contributed by atoms with E-state index in [1.165, 1.54) is 17.5 Å². The van der Waals surface area contributed by atoms with Crippen LogP contribution in [0.15, 0.2) is 42.2 Å². The van der Waals surface area contributed by atoms with E-state index in [1.54, 1.807) is 30.6 Å². The summed E-state index contributed by atoms with van der Waals surface area (Å²) in [5.74, 6) is -0.154. The maximum Gasteiger partial charge on any atom is 1.00 e. The van der Waals surface area contributed by atoms with Gasteiger partial charge in [-0.1, -0.05) is 5.75 Å². The van der Waals surface area contributed by atoms with Crippen molar-refractivity contribution in [3.8, 4) is 16.5 Å². The van der Waals surface area contributed by atoms with Gasteiger partial charge in [0.15, 0.2) is 0 Å². The van der Waals surface area contributed by atoms with Crippen LogP contribution in [0, 0.1) is 6.92 Å². The van der Waals surface area contributed by atoms with Crippen molar-refractivity contribution >= 4 is 22.7 Å². The summed E-state index contributed by atoms with van der Waals surface area (Å²) in [6, 6.07) is 5.32. The van der Waals surface area contributed by atoms with Crippen LogP contribution < -0.4 is 40.0 Å². The quantitative estimate of drug-likeness (QED) is 0.674. The summed E-state index contributed by atoms with van der Waals surface area (Å²) in [5, 5.41) is 17.7. The third-order valence-corrected chi connectivity index (χ3v) is 3.65. The van der Waals surface area contributed by atoms with Crippen LogP contribution in [-0.4, -0.2) is 15.0 Å². The van der Waals surface area contributed by atoms with E-state index in [2.05, 4.69) is 20.3 Å². The second-order valence-corrected chi connectivity index (χ2v) is 5.08.